The Morgan fingerprint density at radius 2 is 1.86 bits per heavy atom. The maximum atomic E-state index is 12.5. The van der Waals surface area contributed by atoms with Crippen molar-refractivity contribution < 1.29 is 9.21 Å². The largest absolute Gasteiger partial charge is 0.467 e. The summed E-state index contributed by atoms with van der Waals surface area (Å²) < 4.78 is 5.30. The van der Waals surface area contributed by atoms with Crippen LogP contribution in [0, 0.1) is 0 Å². The lowest BCUT2D eigenvalue weighted by Gasteiger charge is -2.36. The maximum absolute atomic E-state index is 12.5. The van der Waals surface area contributed by atoms with E-state index in [-0.39, 0.29) is 36.4 Å². The van der Waals surface area contributed by atoms with Crippen molar-refractivity contribution in [1.29, 1.82) is 0 Å². The van der Waals surface area contributed by atoms with Gasteiger partial charge in [-0.3, -0.25) is 4.79 Å². The van der Waals surface area contributed by atoms with Crippen molar-refractivity contribution in [3.63, 3.8) is 0 Å². The van der Waals surface area contributed by atoms with E-state index in [2.05, 4.69) is 20.5 Å². The van der Waals surface area contributed by atoms with Crippen molar-refractivity contribution >= 4 is 53.1 Å². The highest BCUT2D eigenvalue weighted by Crippen LogP contribution is 2.19. The number of guanidine groups is 1. The van der Waals surface area contributed by atoms with Crippen molar-refractivity contribution in [1.82, 2.24) is 15.5 Å². The van der Waals surface area contributed by atoms with Gasteiger partial charge in [-0.05, 0) is 43.3 Å². The number of rotatable bonds is 6. The first-order chi connectivity index (χ1) is 13.7. The highest BCUT2D eigenvalue weighted by molar-refractivity contribution is 14.0. The average molecular weight is 532 g/mol. The van der Waals surface area contributed by atoms with Gasteiger partial charge in [0, 0.05) is 43.4 Å². The monoisotopic (exact) mass is 531 g/mol. The summed E-state index contributed by atoms with van der Waals surface area (Å²) in [7, 11) is 0. The Hall–Kier alpha value is -1.94. The number of halogens is 2. The van der Waals surface area contributed by atoms with Gasteiger partial charge in [-0.2, -0.15) is 0 Å². The molecule has 0 radical (unpaired) electrons. The molecule has 1 aliphatic heterocycles. The molecule has 29 heavy (non-hydrogen) atoms. The zero-order chi connectivity index (χ0) is 19.8. The number of amides is 1. The topological polar surface area (TPSA) is 73.1 Å². The molecule has 0 bridgehead atoms. The number of aliphatic imine (C=N–C) groups is 1. The molecule has 2 aromatic rings. The van der Waals surface area contributed by atoms with Gasteiger partial charge in [0.15, 0.2) is 5.96 Å². The quantitative estimate of drug-likeness (QED) is 0.341. The fraction of sp³-hybridized carbons (Fsp3) is 0.400. The van der Waals surface area contributed by atoms with E-state index in [1.807, 2.05) is 48.2 Å². The molecule has 0 aliphatic carbocycles. The normalized spacial score (nSPS) is 14.3. The van der Waals surface area contributed by atoms with E-state index in [1.165, 1.54) is 0 Å². The van der Waals surface area contributed by atoms with Crippen LogP contribution in [0.5, 0.6) is 0 Å². The van der Waals surface area contributed by atoms with E-state index >= 15 is 0 Å². The summed E-state index contributed by atoms with van der Waals surface area (Å²) in [4.78, 5) is 21.1. The highest BCUT2D eigenvalue weighted by atomic mass is 127. The first-order valence-electron chi connectivity index (χ1n) is 9.48. The fourth-order valence-corrected chi connectivity index (χ4v) is 3.16. The molecule has 0 saturated carbocycles. The second-order valence-electron chi connectivity index (χ2n) is 6.47. The van der Waals surface area contributed by atoms with Gasteiger partial charge in [0.2, 0.25) is 5.91 Å². The summed E-state index contributed by atoms with van der Waals surface area (Å²) in [6.07, 6.45) is 1.63. The molecular formula is C20H27ClIN5O2. The number of piperazine rings is 1. The second-order valence-corrected chi connectivity index (χ2v) is 6.91. The van der Waals surface area contributed by atoms with Gasteiger partial charge in [0.05, 0.1) is 12.8 Å². The van der Waals surface area contributed by atoms with Gasteiger partial charge in [-0.1, -0.05) is 11.6 Å². The fourth-order valence-electron chi connectivity index (χ4n) is 3.04. The third kappa shape index (κ3) is 7.11. The van der Waals surface area contributed by atoms with E-state index in [9.17, 15) is 4.79 Å². The number of anilines is 1. The smallest absolute Gasteiger partial charge is 0.244 e. The predicted octanol–water partition coefficient (Wildman–Crippen LogP) is 2.95. The minimum atomic E-state index is 0. The number of benzene rings is 1. The lowest BCUT2D eigenvalue weighted by Crippen LogP contribution is -2.49. The van der Waals surface area contributed by atoms with Crippen molar-refractivity contribution in [3.05, 3.63) is 53.4 Å². The molecule has 0 unspecified atom stereocenters. The Kier molecular flexibility index (Phi) is 9.59. The number of carbonyl (C=O) groups is 1. The molecule has 0 atom stereocenters. The summed E-state index contributed by atoms with van der Waals surface area (Å²) >= 11 is 5.95. The minimum Gasteiger partial charge on any atom is -0.467 e. The summed E-state index contributed by atoms with van der Waals surface area (Å²) in [5, 5.41) is 7.04. The van der Waals surface area contributed by atoms with Gasteiger partial charge >= 0.3 is 0 Å². The van der Waals surface area contributed by atoms with E-state index in [1.54, 1.807) is 6.26 Å². The van der Waals surface area contributed by atoms with Crippen LogP contribution in [0.15, 0.2) is 52.1 Å². The van der Waals surface area contributed by atoms with E-state index in [0.717, 1.165) is 36.1 Å². The van der Waals surface area contributed by atoms with Crippen LogP contribution in [0.1, 0.15) is 12.7 Å². The zero-order valence-electron chi connectivity index (χ0n) is 16.4. The molecule has 7 nitrogen and oxygen atoms in total. The first kappa shape index (κ1) is 23.3. The summed E-state index contributed by atoms with van der Waals surface area (Å²) in [5.74, 6) is 1.45. The van der Waals surface area contributed by atoms with E-state index in [4.69, 9.17) is 16.0 Å². The third-order valence-electron chi connectivity index (χ3n) is 4.55. The van der Waals surface area contributed by atoms with Crippen molar-refractivity contribution in [2.45, 2.75) is 13.5 Å². The molecule has 1 aromatic heterocycles. The Morgan fingerprint density at radius 1 is 1.14 bits per heavy atom. The van der Waals surface area contributed by atoms with Crippen LogP contribution in [0.3, 0.4) is 0 Å². The molecule has 1 aromatic carbocycles. The number of furan rings is 1. The molecule has 1 fully saturated rings. The summed E-state index contributed by atoms with van der Waals surface area (Å²) in [6, 6.07) is 11.5. The maximum Gasteiger partial charge on any atom is 0.244 e. The zero-order valence-corrected chi connectivity index (χ0v) is 19.5. The van der Waals surface area contributed by atoms with Crippen LogP contribution >= 0.6 is 35.6 Å². The van der Waals surface area contributed by atoms with Gasteiger partial charge < -0.3 is 24.9 Å². The number of hydrogen-bond acceptors (Lipinski definition) is 4. The molecule has 1 saturated heterocycles. The van der Waals surface area contributed by atoms with E-state index in [0.29, 0.717) is 25.6 Å². The number of carbonyl (C=O) groups excluding carboxylic acids is 1. The molecule has 0 spiro atoms. The van der Waals surface area contributed by atoms with E-state index < -0.39 is 0 Å². The summed E-state index contributed by atoms with van der Waals surface area (Å²) in [6.45, 7) is 6.32. The second kappa shape index (κ2) is 11.9. The average Bonchev–Trinajstić information content (AvgIpc) is 3.24. The third-order valence-corrected chi connectivity index (χ3v) is 4.80. The Labute approximate surface area is 193 Å². The SMILES string of the molecule is CCNC(=NCC(=O)N1CCN(c2ccc(Cl)cc2)CC1)NCc1ccco1.I. The van der Waals surface area contributed by atoms with Crippen molar-refractivity contribution in [2.24, 2.45) is 4.99 Å². The molecule has 2 heterocycles. The number of nitrogens with zero attached hydrogens (tertiary/aromatic N) is 3. The Balaban J connectivity index is 0.00000300. The lowest BCUT2D eigenvalue weighted by atomic mass is 10.2. The van der Waals surface area contributed by atoms with Gasteiger partial charge in [-0.15, -0.1) is 24.0 Å². The molecular weight excluding hydrogens is 505 g/mol. The van der Waals surface area contributed by atoms with Crippen LogP contribution in [-0.2, 0) is 11.3 Å². The van der Waals surface area contributed by atoms with Crippen molar-refractivity contribution in [2.75, 3.05) is 44.2 Å². The van der Waals surface area contributed by atoms with Gasteiger partial charge in [-0.25, -0.2) is 4.99 Å². The van der Waals surface area contributed by atoms with Gasteiger partial charge in [0.25, 0.3) is 0 Å². The van der Waals surface area contributed by atoms with Crippen LogP contribution in [0.25, 0.3) is 0 Å². The molecule has 2 N–H and O–H groups in total. The molecule has 1 amide bonds. The minimum absolute atomic E-state index is 0. The Bertz CT molecular complexity index is 775. The first-order valence-corrected chi connectivity index (χ1v) is 9.86. The van der Waals surface area contributed by atoms with Crippen LogP contribution in [0.4, 0.5) is 5.69 Å². The number of hydrogen-bond donors (Lipinski definition) is 2. The van der Waals surface area contributed by atoms with Crippen LogP contribution in [-0.4, -0.2) is 56.0 Å². The number of nitrogens with one attached hydrogen (secondary N) is 2. The predicted molar refractivity (Wildman–Crippen MR) is 127 cm³/mol. The van der Waals surface area contributed by atoms with Crippen LogP contribution < -0.4 is 15.5 Å². The standard InChI is InChI=1S/C20H26ClN5O2.HI/c1-2-22-20(23-14-18-4-3-13-28-18)24-15-19(27)26-11-9-25(10-12-26)17-7-5-16(21)6-8-17;/h3-8,13H,2,9-12,14-15H2,1H3,(H2,22,23,24);1H. The van der Waals surface area contributed by atoms with Gasteiger partial charge in [0.1, 0.15) is 12.3 Å². The Morgan fingerprint density at radius 3 is 2.48 bits per heavy atom. The molecule has 3 rings (SSSR count). The summed E-state index contributed by atoms with van der Waals surface area (Å²) in [5.41, 5.74) is 1.13. The molecule has 158 valence electrons. The molecule has 9 heteroatoms. The highest BCUT2D eigenvalue weighted by Gasteiger charge is 2.21. The van der Waals surface area contributed by atoms with Crippen LogP contribution in [0.2, 0.25) is 5.02 Å². The van der Waals surface area contributed by atoms with Crippen molar-refractivity contribution in [3.8, 4) is 0 Å². The molecule has 1 aliphatic rings. The lowest BCUT2D eigenvalue weighted by molar-refractivity contribution is -0.129.